The van der Waals surface area contributed by atoms with Crippen LogP contribution >= 0.6 is 0 Å². The Hall–Kier alpha value is -0.970. The zero-order valence-corrected chi connectivity index (χ0v) is 9.50. The first kappa shape index (κ1) is 13.0. The second-order valence-electron chi connectivity index (χ2n) is 3.52. The van der Waals surface area contributed by atoms with Crippen molar-refractivity contribution in [2.24, 2.45) is 0 Å². The molecule has 1 saturated heterocycles. The summed E-state index contributed by atoms with van der Waals surface area (Å²) in [7, 11) is 0. The summed E-state index contributed by atoms with van der Waals surface area (Å²) in [6.45, 7) is 10.5. The molecular formula is C12H22N2. The van der Waals surface area contributed by atoms with E-state index in [1.165, 1.54) is 45.2 Å². The van der Waals surface area contributed by atoms with Crippen LogP contribution in [0.4, 0.5) is 0 Å². The van der Waals surface area contributed by atoms with Gasteiger partial charge in [-0.05, 0) is 26.2 Å². The molecule has 0 aliphatic carbocycles. The summed E-state index contributed by atoms with van der Waals surface area (Å²) < 4.78 is 0. The van der Waals surface area contributed by atoms with Crippen molar-refractivity contribution in [3.8, 4) is 6.57 Å². The molecule has 0 atom stereocenters. The van der Waals surface area contributed by atoms with E-state index in [4.69, 9.17) is 5.26 Å². The van der Waals surface area contributed by atoms with Gasteiger partial charge in [0.2, 0.25) is 0 Å². The van der Waals surface area contributed by atoms with Gasteiger partial charge >= 0.3 is 0 Å². The standard InChI is InChI=1S/C11H21N.CHN/c1-3-5-6-8-11-9-7-10-12(11)4-2;1-2/h8H,3-7,9-10H2,1-2H3;1H. The number of allylic oxidation sites excluding steroid dienone is 2. The van der Waals surface area contributed by atoms with Gasteiger partial charge in [0.25, 0.3) is 0 Å². The number of unbranched alkanes of at least 4 members (excludes halogenated alkanes) is 2. The molecule has 2 heteroatoms. The molecule has 0 spiro atoms. The molecule has 0 saturated carbocycles. The largest absolute Gasteiger partial charge is 0.375 e. The first-order valence-electron chi connectivity index (χ1n) is 5.58. The van der Waals surface area contributed by atoms with E-state index in [0.717, 1.165) is 0 Å². The molecule has 1 rings (SSSR count). The van der Waals surface area contributed by atoms with Gasteiger partial charge in [-0.3, -0.25) is 0 Å². The second-order valence-corrected chi connectivity index (χ2v) is 3.52. The van der Waals surface area contributed by atoms with E-state index in [1.807, 2.05) is 0 Å². The summed E-state index contributed by atoms with van der Waals surface area (Å²) in [6.07, 6.45) is 9.07. The predicted octanol–water partition coefficient (Wildman–Crippen LogP) is 3.32. The summed E-state index contributed by atoms with van der Waals surface area (Å²) in [5.41, 5.74) is 1.60. The van der Waals surface area contributed by atoms with Gasteiger partial charge in [-0.25, -0.2) is 5.26 Å². The average Bonchev–Trinajstić information content (AvgIpc) is 2.69. The van der Waals surface area contributed by atoms with Gasteiger partial charge in [-0.2, -0.15) is 0 Å². The molecule has 80 valence electrons. The van der Waals surface area contributed by atoms with E-state index >= 15 is 0 Å². The third-order valence-electron chi connectivity index (χ3n) is 2.59. The van der Waals surface area contributed by atoms with Gasteiger partial charge in [0.05, 0.1) is 0 Å². The van der Waals surface area contributed by atoms with Crippen LogP contribution in [0.3, 0.4) is 0 Å². The minimum atomic E-state index is 1.19. The molecule has 1 aliphatic rings. The topological polar surface area (TPSA) is 27.0 Å². The van der Waals surface area contributed by atoms with Crippen LogP contribution in [0.1, 0.15) is 46.0 Å². The van der Waals surface area contributed by atoms with E-state index in [9.17, 15) is 0 Å². The monoisotopic (exact) mass is 194 g/mol. The van der Waals surface area contributed by atoms with E-state index < -0.39 is 0 Å². The first-order valence-corrected chi connectivity index (χ1v) is 5.58. The maximum Gasteiger partial charge on any atom is 0.0462 e. The Labute approximate surface area is 88.2 Å². The highest BCUT2D eigenvalue weighted by molar-refractivity contribution is 5.05. The Morgan fingerprint density at radius 2 is 2.14 bits per heavy atom. The number of nitrogens with zero attached hydrogens (tertiary/aromatic N) is 2. The molecule has 14 heavy (non-hydrogen) atoms. The lowest BCUT2D eigenvalue weighted by molar-refractivity contribution is 0.413. The highest BCUT2D eigenvalue weighted by Gasteiger charge is 2.13. The number of likely N-dealkylation sites (tertiary alicyclic amines) is 1. The molecule has 0 radical (unpaired) electrons. The summed E-state index contributed by atoms with van der Waals surface area (Å²) in [5.74, 6) is 0. The molecule has 1 heterocycles. The second kappa shape index (κ2) is 8.62. The summed E-state index contributed by atoms with van der Waals surface area (Å²) in [4.78, 5) is 2.51. The van der Waals surface area contributed by atoms with Gasteiger partial charge in [-0.15, -0.1) is 0 Å². The number of hydrogen-bond acceptors (Lipinski definition) is 2. The fourth-order valence-corrected chi connectivity index (χ4v) is 1.82. The number of nitriles is 1. The molecule has 2 nitrogen and oxygen atoms in total. The van der Waals surface area contributed by atoms with Crippen LogP contribution in [-0.4, -0.2) is 18.0 Å². The lowest BCUT2D eigenvalue weighted by Gasteiger charge is -2.17. The Balaban J connectivity index is 0.000000791. The highest BCUT2D eigenvalue weighted by Crippen LogP contribution is 2.20. The molecule has 1 aliphatic heterocycles. The van der Waals surface area contributed by atoms with Crippen LogP contribution in [0.15, 0.2) is 11.8 Å². The van der Waals surface area contributed by atoms with Gasteiger partial charge in [-0.1, -0.05) is 25.8 Å². The molecule has 1 fully saturated rings. The van der Waals surface area contributed by atoms with Crippen LogP contribution in [0, 0.1) is 11.8 Å². The van der Waals surface area contributed by atoms with E-state index in [2.05, 4.69) is 31.4 Å². The van der Waals surface area contributed by atoms with Crippen molar-refractivity contribution in [2.45, 2.75) is 46.0 Å². The normalized spacial score (nSPS) is 18.0. The van der Waals surface area contributed by atoms with E-state index in [1.54, 1.807) is 5.70 Å². The van der Waals surface area contributed by atoms with Gasteiger partial charge in [0.1, 0.15) is 0 Å². The molecule has 0 amide bonds. The Bertz CT molecular complexity index is 182. The quantitative estimate of drug-likeness (QED) is 0.642. The third-order valence-corrected chi connectivity index (χ3v) is 2.59. The van der Waals surface area contributed by atoms with Crippen LogP contribution in [-0.2, 0) is 0 Å². The summed E-state index contributed by atoms with van der Waals surface area (Å²) >= 11 is 0. The van der Waals surface area contributed by atoms with Crippen molar-refractivity contribution in [2.75, 3.05) is 13.1 Å². The zero-order chi connectivity index (χ0) is 10.8. The minimum Gasteiger partial charge on any atom is -0.375 e. The predicted molar refractivity (Wildman–Crippen MR) is 60.8 cm³/mol. The van der Waals surface area contributed by atoms with Crippen LogP contribution < -0.4 is 0 Å². The Kier molecular flexibility index (Phi) is 8.02. The molecule has 0 N–H and O–H groups in total. The van der Waals surface area contributed by atoms with Crippen molar-refractivity contribution in [3.63, 3.8) is 0 Å². The van der Waals surface area contributed by atoms with Crippen molar-refractivity contribution in [1.29, 1.82) is 5.26 Å². The molecule has 0 bridgehead atoms. The van der Waals surface area contributed by atoms with Crippen molar-refractivity contribution in [1.82, 2.24) is 4.90 Å². The molecule has 0 aromatic rings. The molecule has 0 aromatic heterocycles. The number of hydrogen-bond donors (Lipinski definition) is 0. The van der Waals surface area contributed by atoms with Crippen LogP contribution in [0.5, 0.6) is 0 Å². The Morgan fingerprint density at radius 1 is 1.43 bits per heavy atom. The molecule has 0 aromatic carbocycles. The van der Waals surface area contributed by atoms with Gasteiger partial charge in [0.15, 0.2) is 0 Å². The fraction of sp³-hybridized carbons (Fsp3) is 0.750. The SMILES string of the molecule is C#N.CCCCC=C1CCCN1CC. The fourth-order valence-electron chi connectivity index (χ4n) is 1.82. The van der Waals surface area contributed by atoms with Gasteiger partial charge < -0.3 is 4.90 Å². The van der Waals surface area contributed by atoms with Crippen LogP contribution in [0.25, 0.3) is 0 Å². The summed E-state index contributed by atoms with van der Waals surface area (Å²) in [6, 6.07) is 0. The van der Waals surface area contributed by atoms with Gasteiger partial charge in [0, 0.05) is 25.4 Å². The first-order chi connectivity index (χ1) is 6.88. The van der Waals surface area contributed by atoms with Crippen LogP contribution in [0.2, 0.25) is 0 Å². The maximum absolute atomic E-state index is 6.50. The Morgan fingerprint density at radius 3 is 2.71 bits per heavy atom. The minimum absolute atomic E-state index is 1.19. The van der Waals surface area contributed by atoms with Crippen molar-refractivity contribution in [3.05, 3.63) is 11.8 Å². The molecule has 0 unspecified atom stereocenters. The summed E-state index contributed by atoms with van der Waals surface area (Å²) in [5, 5.41) is 6.50. The van der Waals surface area contributed by atoms with Crippen molar-refractivity contribution >= 4 is 0 Å². The van der Waals surface area contributed by atoms with E-state index in [-0.39, 0.29) is 0 Å². The zero-order valence-electron chi connectivity index (χ0n) is 9.50. The smallest absolute Gasteiger partial charge is 0.0462 e. The molecular weight excluding hydrogens is 172 g/mol. The maximum atomic E-state index is 6.50. The lowest BCUT2D eigenvalue weighted by atomic mass is 10.2. The van der Waals surface area contributed by atoms with E-state index in [0.29, 0.717) is 0 Å². The lowest BCUT2D eigenvalue weighted by Crippen LogP contribution is -2.16. The third kappa shape index (κ3) is 4.32. The highest BCUT2D eigenvalue weighted by atomic mass is 15.1. The average molecular weight is 194 g/mol. The number of rotatable bonds is 4. The van der Waals surface area contributed by atoms with Crippen molar-refractivity contribution < 1.29 is 0 Å².